The second-order valence-corrected chi connectivity index (χ2v) is 8.82. The van der Waals surface area contributed by atoms with E-state index in [2.05, 4.69) is 37.9 Å². The molecule has 0 unspecified atom stereocenters. The smallest absolute Gasteiger partial charge is 0.347 e. The summed E-state index contributed by atoms with van der Waals surface area (Å²) in [6.45, 7) is 7.97. The summed E-state index contributed by atoms with van der Waals surface area (Å²) in [6, 6.07) is 6.18. The highest BCUT2D eigenvalue weighted by Gasteiger charge is 2.32. The summed E-state index contributed by atoms with van der Waals surface area (Å²) >= 11 is 0. The van der Waals surface area contributed by atoms with E-state index in [0.29, 0.717) is 43.6 Å². The van der Waals surface area contributed by atoms with Crippen LogP contribution in [0.25, 0.3) is 22.2 Å². The molecule has 7 nitrogen and oxygen atoms in total. The van der Waals surface area contributed by atoms with Gasteiger partial charge < -0.3 is 23.9 Å². The molecule has 0 atom stereocenters. The summed E-state index contributed by atoms with van der Waals surface area (Å²) in [5.41, 5.74) is 4.06. The molecule has 2 aromatic heterocycles. The molecule has 35 heavy (non-hydrogen) atoms. The summed E-state index contributed by atoms with van der Waals surface area (Å²) in [7, 11) is 0. The van der Waals surface area contributed by atoms with Crippen molar-refractivity contribution < 1.29 is 23.7 Å². The van der Waals surface area contributed by atoms with E-state index in [9.17, 15) is 4.79 Å². The molecule has 1 aromatic carbocycles. The number of unbranched alkanes of at least 4 members (excludes halogenated alkanes) is 3. The first kappa shape index (κ1) is 24.9. The van der Waals surface area contributed by atoms with Crippen LogP contribution < -0.4 is 14.2 Å². The normalized spacial score (nSPS) is 12.4. The third-order valence-electron chi connectivity index (χ3n) is 6.19. The topological polar surface area (TPSA) is 82.7 Å². The van der Waals surface area contributed by atoms with Crippen molar-refractivity contribution in [1.82, 2.24) is 9.97 Å². The van der Waals surface area contributed by atoms with Gasteiger partial charge >= 0.3 is 5.97 Å². The average Bonchev–Trinajstić information content (AvgIpc) is 3.26. The van der Waals surface area contributed by atoms with Crippen molar-refractivity contribution in [2.24, 2.45) is 0 Å². The zero-order valence-corrected chi connectivity index (χ0v) is 21.1. The van der Waals surface area contributed by atoms with E-state index in [1.54, 1.807) is 0 Å². The molecule has 3 aromatic rings. The second kappa shape index (κ2) is 12.0. The fraction of sp³-hybridized carbons (Fsp3) is 0.500. The number of hydrogen-bond donors (Lipinski definition) is 1. The van der Waals surface area contributed by atoms with E-state index < -0.39 is 5.97 Å². The van der Waals surface area contributed by atoms with Gasteiger partial charge in [-0.15, -0.1) is 0 Å². The standard InChI is InChI=1S/C28H36N2O5/c1-4-7-15-32-25-23(28(31)35-17-9-6-3)27(34-16-8-5-2)30-24-21-10-11-22-20(12-14-29-22)19(21)13-18-33-26(24)25/h10-12,14,29H,4-9,13,15-18H2,1-3H3. The monoisotopic (exact) mass is 480 g/mol. The Morgan fingerprint density at radius 3 is 2.51 bits per heavy atom. The Kier molecular flexibility index (Phi) is 8.50. The SMILES string of the molecule is CCCCOC(=O)c1c(OCCCC)nc2c(c1OCCCC)OCCc1c-2ccc2[nH]ccc12. The molecule has 0 fully saturated rings. The number of nitrogens with zero attached hydrogens (tertiary/aromatic N) is 1. The molecule has 0 spiro atoms. The molecule has 4 rings (SSSR count). The summed E-state index contributed by atoms with van der Waals surface area (Å²) in [5, 5.41) is 1.14. The molecule has 1 aliphatic rings. The minimum Gasteiger partial charge on any atom is -0.489 e. The first-order chi connectivity index (χ1) is 17.2. The molecule has 7 heteroatoms. The average molecular weight is 481 g/mol. The van der Waals surface area contributed by atoms with Gasteiger partial charge in [0.25, 0.3) is 0 Å². The summed E-state index contributed by atoms with van der Waals surface area (Å²) < 4.78 is 24.2. The third kappa shape index (κ3) is 5.39. The van der Waals surface area contributed by atoms with Crippen LogP contribution in [0.3, 0.4) is 0 Å². The maximum Gasteiger partial charge on any atom is 0.347 e. The molecule has 0 radical (unpaired) electrons. The number of aromatic nitrogens is 2. The van der Waals surface area contributed by atoms with Crippen molar-refractivity contribution in [3.05, 3.63) is 35.5 Å². The largest absolute Gasteiger partial charge is 0.489 e. The molecule has 1 aliphatic heterocycles. The number of fused-ring (bicyclic) bond motifs is 5. The van der Waals surface area contributed by atoms with Gasteiger partial charge in [0.15, 0.2) is 17.1 Å². The molecule has 0 bridgehead atoms. The number of pyridine rings is 1. The Labute approximate surface area is 207 Å². The maximum atomic E-state index is 13.3. The second-order valence-electron chi connectivity index (χ2n) is 8.82. The van der Waals surface area contributed by atoms with Crippen LogP contribution in [0.2, 0.25) is 0 Å². The molecule has 0 saturated carbocycles. The van der Waals surface area contributed by atoms with Crippen LogP contribution in [0, 0.1) is 0 Å². The van der Waals surface area contributed by atoms with Crippen LogP contribution >= 0.6 is 0 Å². The summed E-state index contributed by atoms with van der Waals surface area (Å²) in [6.07, 6.45) is 8.04. The molecular formula is C28H36N2O5. The van der Waals surface area contributed by atoms with Crippen molar-refractivity contribution in [3.8, 4) is 28.6 Å². The lowest BCUT2D eigenvalue weighted by atomic mass is 9.97. The Balaban J connectivity index is 1.88. The highest BCUT2D eigenvalue weighted by molar-refractivity contribution is 5.99. The van der Waals surface area contributed by atoms with E-state index in [0.717, 1.165) is 67.0 Å². The molecule has 0 amide bonds. The van der Waals surface area contributed by atoms with Crippen LogP contribution in [0.5, 0.6) is 17.4 Å². The van der Waals surface area contributed by atoms with Crippen molar-refractivity contribution in [1.29, 1.82) is 0 Å². The van der Waals surface area contributed by atoms with Gasteiger partial charge in [0.1, 0.15) is 5.69 Å². The van der Waals surface area contributed by atoms with Crippen molar-refractivity contribution in [3.63, 3.8) is 0 Å². The van der Waals surface area contributed by atoms with E-state index in [1.807, 2.05) is 12.3 Å². The minimum atomic E-state index is -0.485. The Morgan fingerprint density at radius 2 is 1.74 bits per heavy atom. The Bertz CT molecular complexity index is 1150. The molecule has 0 aliphatic carbocycles. The zero-order chi connectivity index (χ0) is 24.6. The summed E-state index contributed by atoms with van der Waals surface area (Å²) in [4.78, 5) is 21.5. The predicted molar refractivity (Wildman–Crippen MR) is 137 cm³/mol. The zero-order valence-electron chi connectivity index (χ0n) is 21.1. The van der Waals surface area contributed by atoms with Gasteiger partial charge in [-0.1, -0.05) is 46.1 Å². The lowest BCUT2D eigenvalue weighted by Crippen LogP contribution is -2.15. The first-order valence-electron chi connectivity index (χ1n) is 12.9. The molecule has 188 valence electrons. The Morgan fingerprint density at radius 1 is 1.00 bits per heavy atom. The van der Waals surface area contributed by atoms with Gasteiger partial charge in [-0.3, -0.25) is 0 Å². The number of aromatic amines is 1. The number of H-pyrrole nitrogens is 1. The van der Waals surface area contributed by atoms with E-state index in [4.69, 9.17) is 23.9 Å². The van der Waals surface area contributed by atoms with Gasteiger partial charge in [-0.25, -0.2) is 9.78 Å². The van der Waals surface area contributed by atoms with Crippen molar-refractivity contribution in [2.75, 3.05) is 26.4 Å². The number of carbonyl (C=O) groups excluding carboxylic acids is 1. The first-order valence-corrected chi connectivity index (χ1v) is 12.9. The number of benzene rings is 1. The lowest BCUT2D eigenvalue weighted by Gasteiger charge is -2.20. The fourth-order valence-corrected chi connectivity index (χ4v) is 4.22. The van der Waals surface area contributed by atoms with Crippen molar-refractivity contribution >= 4 is 16.9 Å². The number of ether oxygens (including phenoxy) is 4. The number of esters is 1. The molecule has 1 N–H and O–H groups in total. The predicted octanol–water partition coefficient (Wildman–Crippen LogP) is 6.48. The van der Waals surface area contributed by atoms with Crippen molar-refractivity contribution in [2.45, 2.75) is 65.7 Å². The molecular weight excluding hydrogens is 444 g/mol. The lowest BCUT2D eigenvalue weighted by molar-refractivity contribution is 0.0487. The van der Waals surface area contributed by atoms with E-state index in [1.165, 1.54) is 0 Å². The Hall–Kier alpha value is -3.22. The number of nitrogens with one attached hydrogen (secondary N) is 1. The van der Waals surface area contributed by atoms with Crippen LogP contribution in [0.15, 0.2) is 24.4 Å². The third-order valence-corrected chi connectivity index (χ3v) is 6.19. The van der Waals surface area contributed by atoms with Gasteiger partial charge in [0, 0.05) is 29.1 Å². The van der Waals surface area contributed by atoms with Gasteiger partial charge in [0.2, 0.25) is 5.88 Å². The number of rotatable bonds is 12. The number of carbonyl (C=O) groups is 1. The fourth-order valence-electron chi connectivity index (χ4n) is 4.22. The highest BCUT2D eigenvalue weighted by Crippen LogP contribution is 2.47. The maximum absolute atomic E-state index is 13.3. The van der Waals surface area contributed by atoms with E-state index in [-0.39, 0.29) is 11.4 Å². The van der Waals surface area contributed by atoms with E-state index >= 15 is 0 Å². The molecule has 0 saturated heterocycles. The summed E-state index contributed by atoms with van der Waals surface area (Å²) in [5.74, 6) is 0.621. The highest BCUT2D eigenvalue weighted by atomic mass is 16.5. The van der Waals surface area contributed by atoms with Gasteiger partial charge in [-0.2, -0.15) is 0 Å². The van der Waals surface area contributed by atoms with Crippen LogP contribution in [0.4, 0.5) is 0 Å². The van der Waals surface area contributed by atoms with Crippen LogP contribution in [-0.2, 0) is 11.2 Å². The quantitative estimate of drug-likeness (QED) is 0.236. The van der Waals surface area contributed by atoms with Gasteiger partial charge in [-0.05, 0) is 37.0 Å². The van der Waals surface area contributed by atoms with Crippen LogP contribution in [0.1, 0.15) is 75.2 Å². The van der Waals surface area contributed by atoms with Crippen LogP contribution in [-0.4, -0.2) is 42.4 Å². The minimum absolute atomic E-state index is 0.221. The number of hydrogen-bond acceptors (Lipinski definition) is 6. The van der Waals surface area contributed by atoms with Gasteiger partial charge in [0.05, 0.1) is 26.4 Å². The molecule has 3 heterocycles.